The Kier molecular flexibility index (Phi) is 4.74. The number of sulfonamides is 1. The minimum Gasteiger partial charge on any atom is -0.449 e. The van der Waals surface area contributed by atoms with Crippen LogP contribution >= 0.6 is 11.6 Å². The van der Waals surface area contributed by atoms with Gasteiger partial charge in [0.25, 0.3) is 5.91 Å². The summed E-state index contributed by atoms with van der Waals surface area (Å²) in [6.45, 7) is 1.42. The van der Waals surface area contributed by atoms with Crippen LogP contribution in [0.5, 0.6) is 0 Å². The number of hydrogen-bond acceptors (Lipinski definition) is 5. The molecule has 22 heavy (non-hydrogen) atoms. The fourth-order valence-corrected chi connectivity index (χ4v) is 2.40. The third-order valence-electron chi connectivity index (χ3n) is 3.06. The predicted molar refractivity (Wildman–Crippen MR) is 78.9 cm³/mol. The highest BCUT2D eigenvalue weighted by Crippen LogP contribution is 2.22. The predicted octanol–water partition coefficient (Wildman–Crippen LogP) is 0.811. The second kappa shape index (κ2) is 6.23. The number of carbonyl (C=O) groups excluding carboxylic acids is 2. The van der Waals surface area contributed by atoms with E-state index < -0.39 is 28.0 Å². The first-order valence-electron chi connectivity index (χ1n) is 6.52. The molecule has 0 heterocycles. The Morgan fingerprint density at radius 2 is 2.05 bits per heavy atom. The number of carbonyl (C=O) groups is 2. The topological polar surface area (TPSA) is 116 Å². The molecule has 1 unspecified atom stereocenters. The number of amides is 1. The van der Waals surface area contributed by atoms with Gasteiger partial charge in [0.05, 0.1) is 15.5 Å². The van der Waals surface area contributed by atoms with Crippen molar-refractivity contribution in [3.05, 3.63) is 28.8 Å². The third kappa shape index (κ3) is 4.19. The van der Waals surface area contributed by atoms with Gasteiger partial charge in [-0.25, -0.2) is 18.4 Å². The minimum atomic E-state index is -3.97. The molecule has 1 aliphatic rings. The van der Waals surface area contributed by atoms with E-state index in [0.717, 1.165) is 18.9 Å². The van der Waals surface area contributed by atoms with E-state index >= 15 is 0 Å². The van der Waals surface area contributed by atoms with E-state index in [0.29, 0.717) is 0 Å². The van der Waals surface area contributed by atoms with Crippen LogP contribution in [0.4, 0.5) is 0 Å². The van der Waals surface area contributed by atoms with Crippen LogP contribution in [0.2, 0.25) is 5.02 Å². The van der Waals surface area contributed by atoms with Crippen molar-refractivity contribution < 1.29 is 22.7 Å². The van der Waals surface area contributed by atoms with Crippen LogP contribution in [-0.2, 0) is 19.6 Å². The fourth-order valence-electron chi connectivity index (χ4n) is 1.66. The fraction of sp³-hybridized carbons (Fsp3) is 0.385. The molecule has 1 aromatic carbocycles. The first-order chi connectivity index (χ1) is 10.2. The molecule has 0 aliphatic heterocycles. The molecule has 2 rings (SSSR count). The summed E-state index contributed by atoms with van der Waals surface area (Å²) in [5, 5.41) is 7.70. The SMILES string of the molecule is CC(OC(=O)c1cc(S(N)(=O)=O)ccc1Cl)C(=O)NC1CC1. The molecule has 0 spiro atoms. The molecular weight excluding hydrogens is 332 g/mol. The maximum atomic E-state index is 12.0. The van der Waals surface area contributed by atoms with Crippen LogP contribution in [0.25, 0.3) is 0 Å². The molecule has 0 bridgehead atoms. The highest BCUT2D eigenvalue weighted by Gasteiger charge is 2.28. The zero-order chi connectivity index (χ0) is 16.5. The molecule has 1 aromatic rings. The summed E-state index contributed by atoms with van der Waals surface area (Å²) >= 11 is 5.86. The molecule has 1 fully saturated rings. The van der Waals surface area contributed by atoms with E-state index in [1.54, 1.807) is 0 Å². The summed E-state index contributed by atoms with van der Waals surface area (Å²) in [5.41, 5.74) is -0.167. The number of primary sulfonamides is 1. The van der Waals surface area contributed by atoms with Gasteiger partial charge in [0.15, 0.2) is 6.10 Å². The molecule has 9 heteroatoms. The average Bonchev–Trinajstić information content (AvgIpc) is 3.21. The van der Waals surface area contributed by atoms with Gasteiger partial charge in [-0.1, -0.05) is 11.6 Å². The average molecular weight is 347 g/mol. The Morgan fingerprint density at radius 3 is 2.59 bits per heavy atom. The molecular formula is C13H15ClN2O5S. The summed E-state index contributed by atoms with van der Waals surface area (Å²) in [6.07, 6.45) is 0.811. The summed E-state index contributed by atoms with van der Waals surface area (Å²) < 4.78 is 27.6. The summed E-state index contributed by atoms with van der Waals surface area (Å²) in [4.78, 5) is 23.5. The zero-order valence-corrected chi connectivity index (χ0v) is 13.3. The van der Waals surface area contributed by atoms with Gasteiger partial charge in [0.2, 0.25) is 10.0 Å². The van der Waals surface area contributed by atoms with Crippen molar-refractivity contribution in [2.75, 3.05) is 0 Å². The van der Waals surface area contributed by atoms with Gasteiger partial charge in [0, 0.05) is 6.04 Å². The van der Waals surface area contributed by atoms with E-state index in [1.807, 2.05) is 0 Å². The van der Waals surface area contributed by atoms with E-state index in [2.05, 4.69) is 5.32 Å². The van der Waals surface area contributed by atoms with Gasteiger partial charge in [-0.2, -0.15) is 0 Å². The Labute approximate surface area is 132 Å². The van der Waals surface area contributed by atoms with E-state index in [-0.39, 0.29) is 21.5 Å². The van der Waals surface area contributed by atoms with Crippen LogP contribution < -0.4 is 10.5 Å². The summed E-state index contributed by atoms with van der Waals surface area (Å²) in [5.74, 6) is -1.30. The lowest BCUT2D eigenvalue weighted by Gasteiger charge is -2.14. The van der Waals surface area contributed by atoms with Crippen molar-refractivity contribution in [1.29, 1.82) is 0 Å². The second-order valence-corrected chi connectivity index (χ2v) is 6.99. The number of nitrogens with two attached hydrogens (primary N) is 1. The largest absolute Gasteiger partial charge is 0.449 e. The summed E-state index contributed by atoms with van der Waals surface area (Å²) in [6, 6.07) is 3.57. The van der Waals surface area contributed by atoms with Gasteiger partial charge >= 0.3 is 5.97 Å². The summed E-state index contributed by atoms with van der Waals surface area (Å²) in [7, 11) is -3.97. The lowest BCUT2D eigenvalue weighted by Crippen LogP contribution is -2.37. The van der Waals surface area contributed by atoms with Gasteiger partial charge in [-0.3, -0.25) is 4.79 Å². The van der Waals surface area contributed by atoms with Crippen LogP contribution in [0.3, 0.4) is 0 Å². The lowest BCUT2D eigenvalue weighted by molar-refractivity contribution is -0.129. The maximum absolute atomic E-state index is 12.0. The molecule has 7 nitrogen and oxygen atoms in total. The van der Waals surface area contributed by atoms with Gasteiger partial charge in [-0.05, 0) is 38.0 Å². The molecule has 120 valence electrons. The number of ether oxygens (including phenoxy) is 1. The van der Waals surface area contributed by atoms with Gasteiger partial charge < -0.3 is 10.1 Å². The number of nitrogens with one attached hydrogen (secondary N) is 1. The zero-order valence-electron chi connectivity index (χ0n) is 11.7. The molecule has 3 N–H and O–H groups in total. The van der Waals surface area contributed by atoms with E-state index in [9.17, 15) is 18.0 Å². The van der Waals surface area contributed by atoms with Crippen molar-refractivity contribution >= 4 is 33.5 Å². The minimum absolute atomic E-state index is 0.00667. The van der Waals surface area contributed by atoms with Crippen LogP contribution in [0.15, 0.2) is 23.1 Å². The highest BCUT2D eigenvalue weighted by molar-refractivity contribution is 7.89. The van der Waals surface area contributed by atoms with Crippen molar-refractivity contribution in [3.8, 4) is 0 Å². The molecule has 1 aliphatic carbocycles. The van der Waals surface area contributed by atoms with E-state index in [1.165, 1.54) is 19.1 Å². The van der Waals surface area contributed by atoms with Crippen LogP contribution in [0, 0.1) is 0 Å². The van der Waals surface area contributed by atoms with Crippen molar-refractivity contribution in [2.45, 2.75) is 36.8 Å². The van der Waals surface area contributed by atoms with E-state index in [4.69, 9.17) is 21.5 Å². The number of esters is 1. The van der Waals surface area contributed by atoms with Crippen molar-refractivity contribution in [3.63, 3.8) is 0 Å². The second-order valence-electron chi connectivity index (χ2n) is 5.02. The Balaban J connectivity index is 2.12. The Hall–Kier alpha value is -1.64. The first-order valence-corrected chi connectivity index (χ1v) is 8.44. The third-order valence-corrected chi connectivity index (χ3v) is 4.30. The normalized spacial score (nSPS) is 16.0. The molecule has 0 radical (unpaired) electrons. The molecule has 1 atom stereocenters. The lowest BCUT2D eigenvalue weighted by atomic mass is 10.2. The smallest absolute Gasteiger partial charge is 0.340 e. The molecule has 1 saturated carbocycles. The molecule has 0 aromatic heterocycles. The monoisotopic (exact) mass is 346 g/mol. The first kappa shape index (κ1) is 16.7. The Morgan fingerprint density at radius 1 is 1.41 bits per heavy atom. The highest BCUT2D eigenvalue weighted by atomic mass is 35.5. The Bertz CT molecular complexity index is 715. The number of halogens is 1. The number of benzene rings is 1. The van der Waals surface area contributed by atoms with Gasteiger partial charge in [0.1, 0.15) is 0 Å². The van der Waals surface area contributed by atoms with Crippen LogP contribution in [0.1, 0.15) is 30.1 Å². The maximum Gasteiger partial charge on any atom is 0.340 e. The number of rotatable bonds is 5. The van der Waals surface area contributed by atoms with Gasteiger partial charge in [-0.15, -0.1) is 0 Å². The molecule has 1 amide bonds. The van der Waals surface area contributed by atoms with Crippen molar-refractivity contribution in [1.82, 2.24) is 5.32 Å². The molecule has 0 saturated heterocycles. The number of hydrogen-bond donors (Lipinski definition) is 2. The quantitative estimate of drug-likeness (QED) is 0.765. The van der Waals surface area contributed by atoms with Crippen LogP contribution in [-0.4, -0.2) is 32.4 Å². The van der Waals surface area contributed by atoms with Crippen molar-refractivity contribution in [2.24, 2.45) is 5.14 Å². The standard InChI is InChI=1S/C13H15ClN2O5S/c1-7(12(17)16-8-2-3-8)21-13(18)10-6-9(22(15,19)20)4-5-11(10)14/h4-8H,2-3H2,1H3,(H,16,17)(H2,15,19,20).